The molecule has 8 heteroatoms. The van der Waals surface area contributed by atoms with Crippen LogP contribution in [0.2, 0.25) is 0 Å². The molecule has 0 radical (unpaired) electrons. The molecule has 1 N–H and O–H groups in total. The molecular formula is C11H22N2O5S. The van der Waals surface area contributed by atoms with Crippen LogP contribution in [0, 0.1) is 0 Å². The lowest BCUT2D eigenvalue weighted by molar-refractivity contribution is -0.130. The molecular weight excluding hydrogens is 272 g/mol. The van der Waals surface area contributed by atoms with Gasteiger partial charge in [0.25, 0.3) is 0 Å². The average molecular weight is 294 g/mol. The number of ether oxygens (including phenoxy) is 2. The number of carbonyl (C=O) groups is 1. The molecule has 1 unspecified atom stereocenters. The standard InChI is InChI=1S/C11H22N2O5S/c1-17-9-7-13(19(2,15)16)6-5-12-11(14)10-4-3-8-18-10/h10H,3-9H2,1-2H3,(H,12,14). The summed E-state index contributed by atoms with van der Waals surface area (Å²) in [5, 5.41) is 2.69. The molecule has 1 rings (SSSR count). The highest BCUT2D eigenvalue weighted by Crippen LogP contribution is 2.11. The van der Waals surface area contributed by atoms with Crippen LogP contribution in [0.15, 0.2) is 0 Å². The Morgan fingerprint density at radius 1 is 1.47 bits per heavy atom. The maximum absolute atomic E-state index is 11.7. The van der Waals surface area contributed by atoms with Gasteiger partial charge < -0.3 is 14.8 Å². The molecule has 1 heterocycles. The SMILES string of the molecule is COCCN(CCNC(=O)C1CCCO1)S(C)(=O)=O. The van der Waals surface area contributed by atoms with E-state index >= 15 is 0 Å². The summed E-state index contributed by atoms with van der Waals surface area (Å²) in [4.78, 5) is 11.7. The molecule has 7 nitrogen and oxygen atoms in total. The van der Waals surface area contributed by atoms with Crippen molar-refractivity contribution in [1.82, 2.24) is 9.62 Å². The normalized spacial score (nSPS) is 19.8. The Balaban J connectivity index is 2.33. The first-order valence-corrected chi connectivity index (χ1v) is 8.13. The predicted octanol–water partition coefficient (Wildman–Crippen LogP) is -0.810. The number of hydrogen-bond donors (Lipinski definition) is 1. The van der Waals surface area contributed by atoms with Crippen molar-refractivity contribution in [2.75, 3.05) is 46.2 Å². The number of carbonyl (C=O) groups excluding carboxylic acids is 1. The second-order valence-electron chi connectivity index (χ2n) is 4.45. The number of methoxy groups -OCH3 is 1. The van der Waals surface area contributed by atoms with Crippen molar-refractivity contribution in [2.24, 2.45) is 0 Å². The lowest BCUT2D eigenvalue weighted by atomic mass is 10.2. The van der Waals surface area contributed by atoms with Crippen molar-refractivity contribution < 1.29 is 22.7 Å². The molecule has 0 spiro atoms. The van der Waals surface area contributed by atoms with Crippen LogP contribution < -0.4 is 5.32 Å². The van der Waals surface area contributed by atoms with Crippen LogP contribution in [0.4, 0.5) is 0 Å². The molecule has 1 fully saturated rings. The third-order valence-corrected chi connectivity index (χ3v) is 4.20. The summed E-state index contributed by atoms with van der Waals surface area (Å²) in [6, 6.07) is 0. The Morgan fingerprint density at radius 2 is 2.21 bits per heavy atom. The largest absolute Gasteiger partial charge is 0.383 e. The van der Waals surface area contributed by atoms with E-state index in [1.54, 1.807) is 0 Å². The van der Waals surface area contributed by atoms with E-state index in [2.05, 4.69) is 5.32 Å². The van der Waals surface area contributed by atoms with Crippen molar-refractivity contribution in [3.63, 3.8) is 0 Å². The fraction of sp³-hybridized carbons (Fsp3) is 0.909. The minimum absolute atomic E-state index is 0.169. The minimum Gasteiger partial charge on any atom is -0.383 e. The molecule has 112 valence electrons. The topological polar surface area (TPSA) is 84.9 Å². The summed E-state index contributed by atoms with van der Waals surface area (Å²) in [6.07, 6.45) is 2.38. The van der Waals surface area contributed by atoms with Gasteiger partial charge in [-0.2, -0.15) is 4.31 Å². The quantitative estimate of drug-likeness (QED) is 0.633. The van der Waals surface area contributed by atoms with Gasteiger partial charge in [-0.05, 0) is 12.8 Å². The van der Waals surface area contributed by atoms with Gasteiger partial charge in [-0.1, -0.05) is 0 Å². The van der Waals surface area contributed by atoms with Gasteiger partial charge in [-0.15, -0.1) is 0 Å². The van der Waals surface area contributed by atoms with Gasteiger partial charge in [0.15, 0.2) is 0 Å². The average Bonchev–Trinajstić information content (AvgIpc) is 2.85. The number of nitrogens with zero attached hydrogens (tertiary/aromatic N) is 1. The smallest absolute Gasteiger partial charge is 0.249 e. The van der Waals surface area contributed by atoms with E-state index in [0.717, 1.165) is 19.1 Å². The monoisotopic (exact) mass is 294 g/mol. The van der Waals surface area contributed by atoms with Crippen LogP contribution in [-0.4, -0.2) is 70.9 Å². The number of amides is 1. The molecule has 1 atom stereocenters. The lowest BCUT2D eigenvalue weighted by Gasteiger charge is -2.20. The van der Waals surface area contributed by atoms with Crippen molar-refractivity contribution in [3.05, 3.63) is 0 Å². The van der Waals surface area contributed by atoms with Crippen molar-refractivity contribution >= 4 is 15.9 Å². The van der Waals surface area contributed by atoms with Gasteiger partial charge in [-0.3, -0.25) is 4.79 Å². The summed E-state index contributed by atoms with van der Waals surface area (Å²) in [5.74, 6) is -0.169. The van der Waals surface area contributed by atoms with Crippen LogP contribution >= 0.6 is 0 Å². The Morgan fingerprint density at radius 3 is 2.74 bits per heavy atom. The molecule has 1 saturated heterocycles. The Bertz CT molecular complexity index is 379. The third-order valence-electron chi connectivity index (χ3n) is 2.90. The van der Waals surface area contributed by atoms with Crippen LogP contribution in [-0.2, 0) is 24.3 Å². The Hall–Kier alpha value is -0.700. The van der Waals surface area contributed by atoms with E-state index < -0.39 is 10.0 Å². The van der Waals surface area contributed by atoms with Gasteiger partial charge in [0.1, 0.15) is 6.10 Å². The number of sulfonamides is 1. The summed E-state index contributed by atoms with van der Waals surface area (Å²) >= 11 is 0. The van der Waals surface area contributed by atoms with Crippen molar-refractivity contribution in [1.29, 1.82) is 0 Å². The molecule has 1 amide bonds. The summed E-state index contributed by atoms with van der Waals surface area (Å²) in [7, 11) is -1.77. The zero-order valence-corrected chi connectivity index (χ0v) is 12.2. The molecule has 0 aliphatic carbocycles. The fourth-order valence-corrected chi connectivity index (χ4v) is 2.67. The van der Waals surface area contributed by atoms with Crippen LogP contribution in [0.3, 0.4) is 0 Å². The van der Waals surface area contributed by atoms with Crippen LogP contribution in [0.1, 0.15) is 12.8 Å². The second kappa shape index (κ2) is 7.78. The van der Waals surface area contributed by atoms with E-state index in [4.69, 9.17) is 9.47 Å². The number of rotatable bonds is 8. The summed E-state index contributed by atoms with van der Waals surface area (Å²) < 4.78 is 34.4. The molecule has 0 saturated carbocycles. The van der Waals surface area contributed by atoms with E-state index in [1.165, 1.54) is 11.4 Å². The summed E-state index contributed by atoms with van der Waals surface area (Å²) in [6.45, 7) is 1.73. The molecule has 0 bridgehead atoms. The van der Waals surface area contributed by atoms with E-state index in [1.807, 2.05) is 0 Å². The fourth-order valence-electron chi connectivity index (χ4n) is 1.84. The minimum atomic E-state index is -3.28. The molecule has 0 aromatic rings. The van der Waals surface area contributed by atoms with Gasteiger partial charge in [-0.25, -0.2) is 8.42 Å². The summed E-state index contributed by atoms with van der Waals surface area (Å²) in [5.41, 5.74) is 0. The molecule has 0 aromatic heterocycles. The van der Waals surface area contributed by atoms with Crippen molar-refractivity contribution in [3.8, 4) is 0 Å². The molecule has 19 heavy (non-hydrogen) atoms. The van der Waals surface area contributed by atoms with Gasteiger partial charge in [0.05, 0.1) is 12.9 Å². The Labute approximate surface area is 114 Å². The van der Waals surface area contributed by atoms with Crippen LogP contribution in [0.5, 0.6) is 0 Å². The van der Waals surface area contributed by atoms with Crippen molar-refractivity contribution in [2.45, 2.75) is 18.9 Å². The van der Waals surface area contributed by atoms with E-state index in [9.17, 15) is 13.2 Å². The molecule has 1 aliphatic rings. The van der Waals surface area contributed by atoms with E-state index in [-0.39, 0.29) is 31.6 Å². The lowest BCUT2D eigenvalue weighted by Crippen LogP contribution is -2.42. The predicted molar refractivity (Wildman–Crippen MR) is 70.3 cm³/mol. The Kier molecular flexibility index (Phi) is 6.70. The maximum Gasteiger partial charge on any atom is 0.249 e. The van der Waals surface area contributed by atoms with Crippen LogP contribution in [0.25, 0.3) is 0 Å². The first kappa shape index (κ1) is 16.4. The molecule has 0 aromatic carbocycles. The highest BCUT2D eigenvalue weighted by Gasteiger charge is 2.23. The number of nitrogens with one attached hydrogen (secondary N) is 1. The maximum atomic E-state index is 11.7. The van der Waals surface area contributed by atoms with E-state index in [0.29, 0.717) is 13.2 Å². The zero-order chi connectivity index (χ0) is 14.3. The second-order valence-corrected chi connectivity index (χ2v) is 6.43. The highest BCUT2D eigenvalue weighted by atomic mass is 32.2. The van der Waals surface area contributed by atoms with Gasteiger partial charge in [0.2, 0.25) is 15.9 Å². The highest BCUT2D eigenvalue weighted by molar-refractivity contribution is 7.88. The number of hydrogen-bond acceptors (Lipinski definition) is 5. The zero-order valence-electron chi connectivity index (χ0n) is 11.4. The molecule has 1 aliphatic heterocycles. The van der Waals surface area contributed by atoms with Gasteiger partial charge >= 0.3 is 0 Å². The first-order chi connectivity index (χ1) is 8.95. The third kappa shape index (κ3) is 5.85. The first-order valence-electron chi connectivity index (χ1n) is 6.28. The van der Waals surface area contributed by atoms with Gasteiger partial charge in [0, 0.05) is 33.4 Å².